The highest BCUT2D eigenvalue weighted by Crippen LogP contribution is 2.75. The van der Waals surface area contributed by atoms with Gasteiger partial charge in [0.15, 0.2) is 0 Å². The minimum atomic E-state index is -2.67. The Morgan fingerprint density at radius 3 is 0.554 bits per heavy atom. The third-order valence-electron chi connectivity index (χ3n) is 13.5. The summed E-state index contributed by atoms with van der Waals surface area (Å²) < 4.78 is -5.28. The van der Waals surface area contributed by atoms with E-state index in [4.69, 9.17) is 61.2 Å². The van der Waals surface area contributed by atoms with Gasteiger partial charge in [0, 0.05) is 64.6 Å². The summed E-state index contributed by atoms with van der Waals surface area (Å²) in [5.41, 5.74) is 1.75. The van der Waals surface area contributed by atoms with Crippen LogP contribution in [0.2, 0.25) is 187 Å². The van der Waals surface area contributed by atoms with Crippen molar-refractivity contribution in [1.29, 1.82) is 0 Å². The van der Waals surface area contributed by atoms with E-state index in [2.05, 4.69) is 213 Å². The molecular formula is C40H102Br4Si12. The van der Waals surface area contributed by atoms with E-state index in [1.54, 1.807) is 0 Å². The van der Waals surface area contributed by atoms with Crippen LogP contribution in [0.4, 0.5) is 0 Å². The number of halogens is 4. The van der Waals surface area contributed by atoms with E-state index in [-0.39, 0.29) is 10.8 Å². The molecule has 0 atom stereocenters. The predicted molar refractivity (Wildman–Crippen MR) is 318 cm³/mol. The van der Waals surface area contributed by atoms with Crippen molar-refractivity contribution in [2.45, 2.75) is 243 Å². The van der Waals surface area contributed by atoms with E-state index in [1.165, 1.54) is 0 Å². The van der Waals surface area contributed by atoms with Gasteiger partial charge in [-0.25, -0.2) is 0 Å². The van der Waals surface area contributed by atoms with E-state index < -0.39 is 88.5 Å². The lowest BCUT2D eigenvalue weighted by Gasteiger charge is -2.74. The number of hydrogen-bond acceptors (Lipinski definition) is 0. The highest BCUT2D eigenvalue weighted by molar-refractivity contribution is 9.69. The van der Waals surface area contributed by atoms with E-state index >= 15 is 0 Å². The molecule has 0 nitrogen and oxygen atoms in total. The average Bonchev–Trinajstić information content (AvgIpc) is 2.73. The summed E-state index contributed by atoms with van der Waals surface area (Å²) in [5.74, 6) is 0. The van der Waals surface area contributed by atoms with Crippen molar-refractivity contribution in [3.63, 3.8) is 0 Å². The molecule has 0 spiro atoms. The molecule has 0 aromatic heterocycles. The van der Waals surface area contributed by atoms with Crippen molar-refractivity contribution >= 4 is 150 Å². The van der Waals surface area contributed by atoms with Gasteiger partial charge in [-0.15, -0.1) is 61.2 Å². The largest absolute Gasteiger partial charge is 0.203 e. The molecule has 0 heterocycles. The van der Waals surface area contributed by atoms with Gasteiger partial charge in [0.25, 0.3) is 0 Å². The smallest absolute Gasteiger partial charge is 0.116 e. The van der Waals surface area contributed by atoms with Gasteiger partial charge in [-0.1, -0.05) is 237 Å². The maximum Gasteiger partial charge on any atom is 0.203 e. The van der Waals surface area contributed by atoms with Crippen LogP contribution >= 0.6 is 61.2 Å². The summed E-state index contributed by atoms with van der Waals surface area (Å²) in [7, 11) is -19.0. The molecule has 0 amide bonds. The minimum Gasteiger partial charge on any atom is -0.116 e. The first kappa shape index (κ1) is 60.5. The summed E-state index contributed by atoms with van der Waals surface area (Å²) in [6, 6.07) is 0. The first-order valence-electron chi connectivity index (χ1n) is 22.3. The Labute approximate surface area is 398 Å². The van der Waals surface area contributed by atoms with Gasteiger partial charge in [-0.05, 0) is 16.4 Å². The molecule has 56 heavy (non-hydrogen) atoms. The predicted octanol–water partition coefficient (Wildman–Crippen LogP) is 19.0. The minimum absolute atomic E-state index is 0.180. The van der Waals surface area contributed by atoms with Crippen LogP contribution in [0, 0.1) is 10.8 Å². The molecule has 0 N–H and O–H groups in total. The molecule has 0 aliphatic rings. The highest BCUT2D eigenvalue weighted by atomic mass is 79.9. The van der Waals surface area contributed by atoms with Crippen LogP contribution in [0.25, 0.3) is 0 Å². The van der Waals surface area contributed by atoms with E-state index in [0.29, 0.717) is 11.1 Å². The zero-order valence-corrected chi connectivity index (χ0v) is 62.3. The van der Waals surface area contributed by atoms with E-state index in [9.17, 15) is 0 Å². The van der Waals surface area contributed by atoms with Gasteiger partial charge >= 0.3 is 0 Å². The lowest BCUT2D eigenvalue weighted by atomic mass is 9.77. The van der Waals surface area contributed by atoms with Gasteiger partial charge < -0.3 is 0 Å². The Bertz CT molecular complexity index is 1130. The molecule has 0 bridgehead atoms. The monoisotopic (exact) mass is 1230 g/mol. The van der Waals surface area contributed by atoms with Crippen LogP contribution in [0.5, 0.6) is 0 Å². The molecule has 0 aromatic rings. The van der Waals surface area contributed by atoms with Crippen LogP contribution in [0.3, 0.4) is 0 Å². The van der Waals surface area contributed by atoms with Gasteiger partial charge in [0.2, 0.25) is 8.70 Å². The Hall–Kier alpha value is 4.52. The molecule has 338 valence electrons. The maximum absolute atomic E-state index is 5.56. The molecule has 0 fully saturated rings. The van der Waals surface area contributed by atoms with Crippen molar-refractivity contribution < 1.29 is 0 Å². The summed E-state index contributed by atoms with van der Waals surface area (Å²) in [4.78, 5) is 3.61. The second-order valence-corrected chi connectivity index (χ2v) is 145. The third kappa shape index (κ3) is 11.9. The standard InChI is InChI=1S/C40H102Br4Si12/c1-33(2)53(35(45(9,10)11)46(12,13)14,36(47(15,16)17)48(18,19)20)55(41,42)56(43,44)54(34(39(3,4)5)40(6,7)8,37(49(21,22)23)50(24,25)26)38(51(27,28)29)52(30,31)32/h33-38H,1-32H3. The second-order valence-electron chi connectivity index (χ2n) is 30.0. The van der Waals surface area contributed by atoms with Crippen LogP contribution in [-0.4, -0.2) is 88.5 Å². The first-order chi connectivity index (χ1) is 23.5. The number of rotatable bonds is 17. The molecule has 0 radical (unpaired) electrons. The normalized spacial score (nSPS) is 16.8. The van der Waals surface area contributed by atoms with Crippen LogP contribution in [0.15, 0.2) is 0 Å². The van der Waals surface area contributed by atoms with Gasteiger partial charge in [-0.3, -0.25) is 0 Å². The maximum atomic E-state index is 5.56. The molecule has 0 saturated carbocycles. The Morgan fingerprint density at radius 1 is 0.286 bits per heavy atom. The Balaban J connectivity index is 10.9. The van der Waals surface area contributed by atoms with E-state index in [1.807, 2.05) is 0 Å². The molecule has 0 rings (SSSR count). The van der Waals surface area contributed by atoms with Crippen LogP contribution < -0.4 is 0 Å². The zero-order valence-electron chi connectivity index (χ0n) is 44.0. The summed E-state index contributed by atoms with van der Waals surface area (Å²) in [5, 5.41) is 0. The summed E-state index contributed by atoms with van der Waals surface area (Å²) in [6.45, 7) is 90.6. The van der Waals surface area contributed by atoms with Crippen molar-refractivity contribution in [1.82, 2.24) is 0 Å². The van der Waals surface area contributed by atoms with E-state index in [0.717, 1.165) is 19.2 Å². The number of hydrogen-bond donors (Lipinski definition) is 0. The Kier molecular flexibility index (Phi) is 19.4. The molecule has 0 aliphatic heterocycles. The molecule has 0 saturated heterocycles. The lowest BCUT2D eigenvalue weighted by Crippen LogP contribution is -2.91. The summed E-state index contributed by atoms with van der Waals surface area (Å²) >= 11 is 22.1. The van der Waals surface area contributed by atoms with Gasteiger partial charge in [0.1, 0.15) is 0 Å². The fraction of sp³-hybridized carbons (Fsp3) is 1.00. The lowest BCUT2D eigenvalue weighted by molar-refractivity contribution is 0.225. The Morgan fingerprint density at radius 2 is 0.429 bits per heavy atom. The second kappa shape index (κ2) is 18.0. The fourth-order valence-electron chi connectivity index (χ4n) is 16.8. The topological polar surface area (TPSA) is 0 Å². The third-order valence-corrected chi connectivity index (χ3v) is 209. The fourth-order valence-corrected chi connectivity index (χ4v) is 325. The molecule has 0 aromatic carbocycles. The van der Waals surface area contributed by atoms with Crippen LogP contribution in [-0.2, 0) is 0 Å². The average molecular weight is 1240 g/mol. The molecule has 0 aliphatic carbocycles. The molecular weight excluding hydrogens is 1140 g/mol. The SMILES string of the molecule is CC(C)[Si](C([Si](C)(C)C)[Si](C)(C)C)(C([Si](C)(C)C)[Si](C)(C)C)[Si](Br)(Br)[Si](Br)(Br)[Si](C(C(C)(C)C)C(C)(C)C)(C([Si](C)(C)C)[Si](C)(C)C)C([Si](C)(C)C)[Si](C)(C)C. The first-order valence-corrected chi connectivity index (χ1v) is 71.4. The quantitative estimate of drug-likeness (QED) is 0.101. The van der Waals surface area contributed by atoms with Gasteiger partial charge in [0.05, 0.1) is 15.2 Å². The van der Waals surface area contributed by atoms with Crippen molar-refractivity contribution in [3.8, 4) is 0 Å². The summed E-state index contributed by atoms with van der Waals surface area (Å²) in [6.07, 6.45) is 0. The van der Waals surface area contributed by atoms with Crippen molar-refractivity contribution in [3.05, 3.63) is 0 Å². The highest BCUT2D eigenvalue weighted by Gasteiger charge is 2.85. The van der Waals surface area contributed by atoms with Crippen molar-refractivity contribution in [2.75, 3.05) is 0 Å². The van der Waals surface area contributed by atoms with Crippen molar-refractivity contribution in [2.24, 2.45) is 10.8 Å². The molecule has 0 unspecified atom stereocenters. The zero-order chi connectivity index (χ0) is 46.5. The van der Waals surface area contributed by atoms with Crippen LogP contribution in [0.1, 0.15) is 55.4 Å². The molecule has 16 heteroatoms. The van der Waals surface area contributed by atoms with Gasteiger partial charge in [-0.2, -0.15) is 0 Å².